The number of rotatable bonds is 5. The Hall–Kier alpha value is -1.94. The SMILES string of the molecule is OC(CCl)CNc1cc(C(F)(F)F)ccc1-n1nc(C(F)(F)F)c2c1CCCC2. The number of nitrogens with one attached hydrogen (secondary N) is 1. The van der Waals surface area contributed by atoms with Gasteiger partial charge in [0.1, 0.15) is 0 Å². The van der Waals surface area contributed by atoms with Crippen LogP contribution in [-0.4, -0.2) is 33.4 Å². The molecule has 3 rings (SSSR count). The second kappa shape index (κ2) is 8.06. The molecule has 0 aliphatic heterocycles. The third-order valence-electron chi connectivity index (χ3n) is 4.71. The van der Waals surface area contributed by atoms with E-state index in [1.807, 2.05) is 0 Å². The third kappa shape index (κ3) is 4.63. The van der Waals surface area contributed by atoms with Crippen molar-refractivity contribution in [2.24, 2.45) is 0 Å². The molecule has 1 aromatic carbocycles. The highest BCUT2D eigenvalue weighted by molar-refractivity contribution is 6.18. The van der Waals surface area contributed by atoms with Crippen LogP contribution >= 0.6 is 11.6 Å². The maximum atomic E-state index is 13.4. The van der Waals surface area contributed by atoms with Gasteiger partial charge in [0.25, 0.3) is 0 Å². The summed E-state index contributed by atoms with van der Waals surface area (Å²) in [6.07, 6.45) is -8.56. The van der Waals surface area contributed by atoms with Crippen LogP contribution in [0, 0.1) is 0 Å². The van der Waals surface area contributed by atoms with Crippen molar-refractivity contribution in [3.05, 3.63) is 40.7 Å². The Morgan fingerprint density at radius 2 is 1.79 bits per heavy atom. The van der Waals surface area contributed by atoms with Crippen molar-refractivity contribution in [1.29, 1.82) is 0 Å². The molecule has 4 nitrogen and oxygen atoms in total. The maximum absolute atomic E-state index is 13.4. The van der Waals surface area contributed by atoms with Gasteiger partial charge < -0.3 is 10.4 Å². The van der Waals surface area contributed by atoms with Gasteiger partial charge in [-0.05, 0) is 43.9 Å². The van der Waals surface area contributed by atoms with Crippen molar-refractivity contribution in [2.75, 3.05) is 17.7 Å². The number of anilines is 1. The summed E-state index contributed by atoms with van der Waals surface area (Å²) in [6, 6.07) is 2.67. The van der Waals surface area contributed by atoms with Gasteiger partial charge in [-0.15, -0.1) is 11.6 Å². The normalized spacial score (nSPS) is 15.9. The lowest BCUT2D eigenvalue weighted by Crippen LogP contribution is -2.22. The van der Waals surface area contributed by atoms with Crippen LogP contribution in [0.3, 0.4) is 0 Å². The molecule has 0 saturated heterocycles. The molecule has 1 aliphatic carbocycles. The van der Waals surface area contributed by atoms with Crippen LogP contribution in [0.4, 0.5) is 32.0 Å². The predicted octanol–water partition coefficient (Wildman–Crippen LogP) is 4.80. The molecule has 2 N–H and O–H groups in total. The summed E-state index contributed by atoms with van der Waals surface area (Å²) in [5.41, 5.74) is -1.61. The van der Waals surface area contributed by atoms with Gasteiger partial charge in [-0.1, -0.05) is 0 Å². The van der Waals surface area contributed by atoms with Gasteiger partial charge in [0, 0.05) is 17.8 Å². The third-order valence-corrected chi connectivity index (χ3v) is 5.06. The van der Waals surface area contributed by atoms with Crippen molar-refractivity contribution >= 4 is 17.3 Å². The molecule has 1 unspecified atom stereocenters. The summed E-state index contributed by atoms with van der Waals surface area (Å²) < 4.78 is 80.8. The van der Waals surface area contributed by atoms with E-state index in [9.17, 15) is 31.4 Å². The average molecular weight is 442 g/mol. The lowest BCUT2D eigenvalue weighted by Gasteiger charge is -2.19. The van der Waals surface area contributed by atoms with Crippen LogP contribution in [-0.2, 0) is 25.2 Å². The molecule has 0 radical (unpaired) electrons. The Balaban J connectivity index is 2.13. The fraction of sp³-hybridized carbons (Fsp3) is 0.500. The fourth-order valence-corrected chi connectivity index (χ4v) is 3.46. The van der Waals surface area contributed by atoms with E-state index < -0.39 is 29.7 Å². The summed E-state index contributed by atoms with van der Waals surface area (Å²) in [4.78, 5) is 0. The molecular formula is C18H18ClF6N3O. The van der Waals surface area contributed by atoms with Crippen LogP contribution < -0.4 is 5.32 Å². The molecule has 0 fully saturated rings. The first-order valence-electron chi connectivity index (χ1n) is 8.90. The smallest absolute Gasteiger partial charge is 0.390 e. The van der Waals surface area contributed by atoms with Crippen LogP contribution in [0.25, 0.3) is 5.69 Å². The van der Waals surface area contributed by atoms with Crippen molar-refractivity contribution in [3.63, 3.8) is 0 Å². The van der Waals surface area contributed by atoms with Gasteiger partial charge in [-0.3, -0.25) is 0 Å². The zero-order valence-corrected chi connectivity index (χ0v) is 15.8. The highest BCUT2D eigenvalue weighted by Gasteiger charge is 2.40. The fourth-order valence-electron chi connectivity index (χ4n) is 3.35. The van der Waals surface area contributed by atoms with Gasteiger partial charge in [-0.2, -0.15) is 31.4 Å². The maximum Gasteiger partial charge on any atom is 0.435 e. The monoisotopic (exact) mass is 441 g/mol. The molecule has 1 atom stereocenters. The van der Waals surface area contributed by atoms with E-state index in [0.29, 0.717) is 25.0 Å². The van der Waals surface area contributed by atoms with Crippen molar-refractivity contribution in [3.8, 4) is 5.69 Å². The van der Waals surface area contributed by atoms with E-state index in [1.54, 1.807) is 0 Å². The highest BCUT2D eigenvalue weighted by atomic mass is 35.5. The minimum Gasteiger partial charge on any atom is -0.390 e. The summed E-state index contributed by atoms with van der Waals surface area (Å²) in [5, 5.41) is 16.0. The van der Waals surface area contributed by atoms with Gasteiger partial charge in [-0.25, -0.2) is 4.68 Å². The van der Waals surface area contributed by atoms with Gasteiger partial charge in [0.2, 0.25) is 0 Å². The molecule has 1 aliphatic rings. The molecule has 0 amide bonds. The first-order chi connectivity index (χ1) is 13.5. The van der Waals surface area contributed by atoms with E-state index in [2.05, 4.69) is 10.4 Å². The zero-order chi connectivity index (χ0) is 21.4. The molecule has 1 heterocycles. The van der Waals surface area contributed by atoms with Gasteiger partial charge in [0.05, 0.1) is 28.9 Å². The number of fused-ring (bicyclic) bond motifs is 1. The molecule has 160 valence electrons. The standard InChI is InChI=1S/C18H18ClF6N3O/c19-8-11(29)9-26-13-7-10(17(20,21)22)5-6-15(13)28-14-4-2-1-3-12(14)16(27-28)18(23,24)25/h5-7,11,26,29H,1-4,8-9H2. The average Bonchev–Trinajstić information content (AvgIpc) is 3.05. The first kappa shape index (κ1) is 21.8. The van der Waals surface area contributed by atoms with Crippen molar-refractivity contribution in [1.82, 2.24) is 9.78 Å². The van der Waals surface area contributed by atoms with E-state index in [1.165, 1.54) is 0 Å². The van der Waals surface area contributed by atoms with E-state index in [0.717, 1.165) is 22.9 Å². The molecule has 0 spiro atoms. The van der Waals surface area contributed by atoms with Crippen molar-refractivity contribution in [2.45, 2.75) is 44.1 Å². The highest BCUT2D eigenvalue weighted by Crippen LogP contribution is 2.39. The van der Waals surface area contributed by atoms with Gasteiger partial charge in [0.15, 0.2) is 5.69 Å². The quantitative estimate of drug-likeness (QED) is 0.517. The molecule has 0 saturated carbocycles. The largest absolute Gasteiger partial charge is 0.435 e. The lowest BCUT2D eigenvalue weighted by molar-refractivity contribution is -0.142. The molecule has 29 heavy (non-hydrogen) atoms. The molecule has 0 bridgehead atoms. The predicted molar refractivity (Wildman–Crippen MR) is 95.4 cm³/mol. The van der Waals surface area contributed by atoms with Crippen LogP contribution in [0.5, 0.6) is 0 Å². The number of aliphatic hydroxyl groups excluding tert-OH is 1. The van der Waals surface area contributed by atoms with E-state index in [-0.39, 0.29) is 35.8 Å². The minimum atomic E-state index is -4.67. The van der Waals surface area contributed by atoms with Crippen LogP contribution in [0.1, 0.15) is 35.4 Å². The summed E-state index contributed by atoms with van der Waals surface area (Å²) in [6.45, 7) is -0.173. The molecular weight excluding hydrogens is 424 g/mol. The Kier molecular flexibility index (Phi) is 6.05. The number of alkyl halides is 7. The van der Waals surface area contributed by atoms with Crippen LogP contribution in [0.15, 0.2) is 18.2 Å². The van der Waals surface area contributed by atoms with Gasteiger partial charge >= 0.3 is 12.4 Å². The second-order valence-corrected chi connectivity index (χ2v) is 7.12. The molecule has 1 aromatic heterocycles. The Morgan fingerprint density at radius 1 is 1.10 bits per heavy atom. The number of aromatic nitrogens is 2. The number of hydrogen-bond donors (Lipinski definition) is 2. The zero-order valence-electron chi connectivity index (χ0n) is 15.0. The van der Waals surface area contributed by atoms with E-state index in [4.69, 9.17) is 11.6 Å². The number of nitrogens with zero attached hydrogens (tertiary/aromatic N) is 2. The lowest BCUT2D eigenvalue weighted by atomic mass is 9.95. The summed E-state index contributed by atoms with van der Waals surface area (Å²) >= 11 is 5.51. The Morgan fingerprint density at radius 3 is 2.41 bits per heavy atom. The van der Waals surface area contributed by atoms with E-state index >= 15 is 0 Å². The summed E-state index contributed by atoms with van der Waals surface area (Å²) in [5.74, 6) is -0.156. The number of hydrogen-bond acceptors (Lipinski definition) is 3. The first-order valence-corrected chi connectivity index (χ1v) is 9.43. The number of halogens is 7. The number of benzene rings is 1. The van der Waals surface area contributed by atoms with Crippen molar-refractivity contribution < 1.29 is 31.4 Å². The molecule has 11 heteroatoms. The second-order valence-electron chi connectivity index (χ2n) is 6.81. The minimum absolute atomic E-state index is 0.0495. The Labute approximate surface area is 167 Å². The topological polar surface area (TPSA) is 50.1 Å². The van der Waals surface area contributed by atoms with Crippen LogP contribution in [0.2, 0.25) is 0 Å². The molecule has 2 aromatic rings. The Bertz CT molecular complexity index is 878. The summed E-state index contributed by atoms with van der Waals surface area (Å²) in [7, 11) is 0. The number of aliphatic hydroxyl groups is 1.